The molecule has 0 bridgehead atoms. The van der Waals surface area contributed by atoms with Gasteiger partial charge in [0.25, 0.3) is 0 Å². The Labute approximate surface area is 125 Å². The van der Waals surface area contributed by atoms with Gasteiger partial charge in [-0.1, -0.05) is 13.0 Å². The standard InChI is InChI=1S/C14H23N3O3S/c1-10-5-7-14(18,8-6-10)9-17-11-3-2-4-12(13(11)15)21(16,19)20/h2-4,10,17-18H,5-9,15H2,1H3,(H2,16,19,20). The van der Waals surface area contributed by atoms with E-state index >= 15 is 0 Å². The minimum absolute atomic E-state index is 0.0905. The average Bonchev–Trinajstić information content (AvgIpc) is 2.40. The Bertz CT molecular complexity index is 608. The summed E-state index contributed by atoms with van der Waals surface area (Å²) >= 11 is 0. The van der Waals surface area contributed by atoms with Gasteiger partial charge in [-0.15, -0.1) is 0 Å². The number of hydrogen-bond donors (Lipinski definition) is 4. The fourth-order valence-electron chi connectivity index (χ4n) is 2.68. The summed E-state index contributed by atoms with van der Waals surface area (Å²) in [6, 6.07) is 4.62. The highest BCUT2D eigenvalue weighted by Crippen LogP contribution is 2.33. The molecule has 0 radical (unpaired) electrons. The molecular formula is C14H23N3O3S. The Kier molecular flexibility index (Phi) is 4.46. The quantitative estimate of drug-likeness (QED) is 0.624. The highest BCUT2D eigenvalue weighted by Gasteiger charge is 2.31. The second-order valence-corrected chi connectivity index (χ2v) is 7.55. The van der Waals surface area contributed by atoms with Crippen molar-refractivity contribution in [3.63, 3.8) is 0 Å². The molecule has 21 heavy (non-hydrogen) atoms. The summed E-state index contributed by atoms with van der Waals surface area (Å²) in [5.41, 5.74) is 5.65. The zero-order valence-corrected chi connectivity index (χ0v) is 13.0. The summed E-state index contributed by atoms with van der Waals surface area (Å²) in [5.74, 6) is 0.640. The molecule has 6 nitrogen and oxygen atoms in total. The lowest BCUT2D eigenvalue weighted by atomic mass is 9.79. The molecule has 0 aromatic heterocycles. The van der Waals surface area contributed by atoms with Crippen LogP contribution in [-0.4, -0.2) is 25.7 Å². The van der Waals surface area contributed by atoms with Gasteiger partial charge in [0, 0.05) is 6.54 Å². The summed E-state index contributed by atoms with van der Waals surface area (Å²) in [5, 5.41) is 18.7. The van der Waals surface area contributed by atoms with Crippen LogP contribution in [0.4, 0.5) is 11.4 Å². The summed E-state index contributed by atoms with van der Waals surface area (Å²) in [7, 11) is -3.85. The van der Waals surface area contributed by atoms with Gasteiger partial charge in [-0.05, 0) is 43.7 Å². The largest absolute Gasteiger partial charge is 0.396 e. The molecule has 0 spiro atoms. The summed E-state index contributed by atoms with van der Waals surface area (Å²) in [6.45, 7) is 2.53. The van der Waals surface area contributed by atoms with Gasteiger partial charge in [-0.25, -0.2) is 13.6 Å². The molecule has 0 saturated heterocycles. The second kappa shape index (κ2) is 5.82. The monoisotopic (exact) mass is 313 g/mol. The number of aliphatic hydroxyl groups is 1. The number of benzene rings is 1. The highest BCUT2D eigenvalue weighted by atomic mass is 32.2. The molecule has 118 valence electrons. The number of anilines is 2. The van der Waals surface area contributed by atoms with Crippen molar-refractivity contribution in [2.75, 3.05) is 17.6 Å². The maximum Gasteiger partial charge on any atom is 0.240 e. The fraction of sp³-hybridized carbons (Fsp3) is 0.571. The minimum Gasteiger partial charge on any atom is -0.396 e. The van der Waals surface area contributed by atoms with E-state index in [9.17, 15) is 13.5 Å². The van der Waals surface area contributed by atoms with E-state index in [2.05, 4.69) is 12.2 Å². The van der Waals surface area contributed by atoms with Crippen LogP contribution >= 0.6 is 0 Å². The Morgan fingerprint density at radius 1 is 1.38 bits per heavy atom. The molecule has 1 aromatic rings. The lowest BCUT2D eigenvalue weighted by Crippen LogP contribution is -2.40. The zero-order chi connectivity index (χ0) is 15.7. The van der Waals surface area contributed by atoms with E-state index < -0.39 is 15.6 Å². The molecule has 1 saturated carbocycles. The Morgan fingerprint density at radius 3 is 2.57 bits per heavy atom. The van der Waals surface area contributed by atoms with Crippen LogP contribution in [0.1, 0.15) is 32.6 Å². The molecule has 0 aliphatic heterocycles. The summed E-state index contributed by atoms with van der Waals surface area (Å²) < 4.78 is 22.9. The average molecular weight is 313 g/mol. The lowest BCUT2D eigenvalue weighted by molar-refractivity contribution is 0.00502. The van der Waals surface area contributed by atoms with Gasteiger partial charge in [0.2, 0.25) is 10.0 Å². The maximum absolute atomic E-state index is 11.4. The molecule has 7 heteroatoms. The maximum atomic E-state index is 11.4. The van der Waals surface area contributed by atoms with Gasteiger partial charge in [-0.2, -0.15) is 0 Å². The number of rotatable bonds is 4. The van der Waals surface area contributed by atoms with Crippen molar-refractivity contribution in [2.24, 2.45) is 11.1 Å². The molecule has 1 fully saturated rings. The van der Waals surface area contributed by atoms with Crippen LogP contribution < -0.4 is 16.2 Å². The molecule has 6 N–H and O–H groups in total. The van der Waals surface area contributed by atoms with E-state index in [0.717, 1.165) is 25.7 Å². The molecule has 1 aromatic carbocycles. The SMILES string of the molecule is CC1CCC(O)(CNc2cccc(S(N)(=O)=O)c2N)CC1. The molecule has 0 amide bonds. The number of primary sulfonamides is 1. The van der Waals surface area contributed by atoms with Crippen molar-refractivity contribution in [3.8, 4) is 0 Å². The number of nitrogen functional groups attached to an aromatic ring is 1. The predicted molar refractivity (Wildman–Crippen MR) is 83.3 cm³/mol. The molecule has 2 rings (SSSR count). The van der Waals surface area contributed by atoms with Gasteiger partial charge < -0.3 is 16.2 Å². The number of sulfonamides is 1. The Morgan fingerprint density at radius 2 is 2.00 bits per heavy atom. The van der Waals surface area contributed by atoms with E-state index in [1.54, 1.807) is 12.1 Å². The van der Waals surface area contributed by atoms with Gasteiger partial charge >= 0.3 is 0 Å². The van der Waals surface area contributed by atoms with E-state index in [-0.39, 0.29) is 10.6 Å². The first-order valence-corrected chi connectivity index (χ1v) is 8.63. The fourth-order valence-corrected chi connectivity index (χ4v) is 3.37. The summed E-state index contributed by atoms with van der Waals surface area (Å²) in [4.78, 5) is -0.100. The van der Waals surface area contributed by atoms with Crippen LogP contribution in [0.3, 0.4) is 0 Å². The normalized spacial score (nSPS) is 26.5. The van der Waals surface area contributed by atoms with Crippen molar-refractivity contribution in [3.05, 3.63) is 18.2 Å². The minimum atomic E-state index is -3.85. The van der Waals surface area contributed by atoms with Crippen molar-refractivity contribution in [2.45, 2.75) is 43.1 Å². The molecule has 1 aliphatic rings. The first-order valence-electron chi connectivity index (χ1n) is 7.09. The van der Waals surface area contributed by atoms with Crippen molar-refractivity contribution >= 4 is 21.4 Å². The highest BCUT2D eigenvalue weighted by molar-refractivity contribution is 7.89. The van der Waals surface area contributed by atoms with Gasteiger partial charge in [0.1, 0.15) is 4.90 Å². The van der Waals surface area contributed by atoms with Crippen LogP contribution in [0.15, 0.2) is 23.1 Å². The molecular weight excluding hydrogens is 290 g/mol. The number of para-hydroxylation sites is 1. The van der Waals surface area contributed by atoms with Crippen LogP contribution in [-0.2, 0) is 10.0 Å². The van der Waals surface area contributed by atoms with Crippen LogP contribution in [0.25, 0.3) is 0 Å². The first-order chi connectivity index (χ1) is 9.71. The number of nitrogens with one attached hydrogen (secondary N) is 1. The molecule has 1 aliphatic carbocycles. The first kappa shape index (κ1) is 16.1. The topological polar surface area (TPSA) is 118 Å². The second-order valence-electron chi connectivity index (χ2n) is 6.02. The molecule has 0 heterocycles. The third-order valence-electron chi connectivity index (χ3n) is 4.19. The number of nitrogens with two attached hydrogens (primary N) is 2. The van der Waals surface area contributed by atoms with Crippen molar-refractivity contribution in [1.82, 2.24) is 0 Å². The Balaban J connectivity index is 2.11. The smallest absolute Gasteiger partial charge is 0.240 e. The van der Waals surface area contributed by atoms with Gasteiger partial charge in [-0.3, -0.25) is 0 Å². The third-order valence-corrected chi connectivity index (χ3v) is 5.15. The van der Waals surface area contributed by atoms with Crippen molar-refractivity contribution < 1.29 is 13.5 Å². The molecule has 0 atom stereocenters. The third kappa shape index (κ3) is 3.87. The zero-order valence-electron chi connectivity index (χ0n) is 12.2. The summed E-state index contributed by atoms with van der Waals surface area (Å²) in [6.07, 6.45) is 3.45. The van der Waals surface area contributed by atoms with E-state index in [1.165, 1.54) is 6.07 Å². The van der Waals surface area contributed by atoms with Crippen molar-refractivity contribution in [1.29, 1.82) is 0 Å². The van der Waals surface area contributed by atoms with Crippen LogP contribution in [0.5, 0.6) is 0 Å². The number of hydrogen-bond acceptors (Lipinski definition) is 5. The van der Waals surface area contributed by atoms with E-state index in [1.807, 2.05) is 0 Å². The predicted octanol–water partition coefficient (Wildman–Crippen LogP) is 1.27. The van der Waals surface area contributed by atoms with E-state index in [0.29, 0.717) is 18.2 Å². The Hall–Kier alpha value is -1.31. The van der Waals surface area contributed by atoms with Crippen LogP contribution in [0, 0.1) is 5.92 Å². The van der Waals surface area contributed by atoms with Gasteiger partial charge in [0.05, 0.1) is 17.0 Å². The lowest BCUT2D eigenvalue weighted by Gasteiger charge is -2.35. The van der Waals surface area contributed by atoms with Gasteiger partial charge in [0.15, 0.2) is 0 Å². The van der Waals surface area contributed by atoms with E-state index in [4.69, 9.17) is 10.9 Å². The van der Waals surface area contributed by atoms with Crippen LogP contribution in [0.2, 0.25) is 0 Å². The molecule has 0 unspecified atom stereocenters.